The van der Waals surface area contributed by atoms with Crippen molar-refractivity contribution in [3.63, 3.8) is 0 Å². The maximum absolute atomic E-state index is 14.8. The van der Waals surface area contributed by atoms with Gasteiger partial charge in [-0.3, -0.25) is 14.4 Å². The fourth-order valence-corrected chi connectivity index (χ4v) is 11.5. The molecule has 0 aromatic heterocycles. The Morgan fingerprint density at radius 1 is 0.817 bits per heavy atom. The zero-order chi connectivity index (χ0) is 43.1. The average molecular weight is 844 g/mol. The first-order valence-corrected chi connectivity index (χ1v) is 23.5. The van der Waals surface area contributed by atoms with Gasteiger partial charge in [-0.05, 0) is 94.5 Å². The van der Waals surface area contributed by atoms with Crippen molar-refractivity contribution in [1.82, 2.24) is 4.90 Å². The first-order chi connectivity index (χ1) is 28.9. The van der Waals surface area contributed by atoms with Crippen LogP contribution in [-0.4, -0.2) is 118 Å². The van der Waals surface area contributed by atoms with Crippen LogP contribution in [0.4, 0.5) is 0 Å². The Hall–Kier alpha value is -2.19. The molecule has 4 fully saturated rings. The van der Waals surface area contributed by atoms with Crippen molar-refractivity contribution >= 4 is 17.7 Å². The van der Waals surface area contributed by atoms with E-state index in [0.717, 1.165) is 50.5 Å². The number of unbranched alkanes of at least 4 members (excludes halogenated alkanes) is 4. The van der Waals surface area contributed by atoms with Gasteiger partial charge in [0.25, 0.3) is 0 Å². The molecule has 6 aliphatic rings. The first kappa shape index (κ1) is 47.3. The van der Waals surface area contributed by atoms with E-state index in [9.17, 15) is 14.4 Å². The molecule has 1 saturated carbocycles. The van der Waals surface area contributed by atoms with Crippen LogP contribution in [0.5, 0.6) is 0 Å². The van der Waals surface area contributed by atoms with Crippen LogP contribution in [0, 0.1) is 35.5 Å². The minimum absolute atomic E-state index is 0.0135. The average Bonchev–Trinajstić information content (AvgIpc) is 3.82. The second-order valence-electron chi connectivity index (χ2n) is 18.7. The van der Waals surface area contributed by atoms with Crippen molar-refractivity contribution in [2.75, 3.05) is 28.4 Å². The molecule has 0 radical (unpaired) electrons. The molecule has 6 rings (SSSR count). The summed E-state index contributed by atoms with van der Waals surface area (Å²) in [5.74, 6) is -0.0807. The van der Waals surface area contributed by atoms with Crippen LogP contribution < -0.4 is 0 Å². The normalized spacial score (nSPS) is 41.0. The third kappa shape index (κ3) is 10.8. The summed E-state index contributed by atoms with van der Waals surface area (Å²) in [6, 6.07) is -0.0148. The predicted octanol–water partition coefficient (Wildman–Crippen LogP) is 7.74. The molecule has 0 bridgehead atoms. The molecule has 3 aliphatic carbocycles. The fourth-order valence-electron chi connectivity index (χ4n) is 11.5. The molecule has 12 heteroatoms. The van der Waals surface area contributed by atoms with Gasteiger partial charge < -0.3 is 42.8 Å². The highest BCUT2D eigenvalue weighted by Gasteiger charge is 2.53. The van der Waals surface area contributed by atoms with Crippen molar-refractivity contribution in [3.8, 4) is 0 Å². The summed E-state index contributed by atoms with van der Waals surface area (Å²) in [5.41, 5.74) is 0.733. The van der Waals surface area contributed by atoms with E-state index in [1.807, 2.05) is 32.7 Å². The number of allylic oxidation sites excluding steroid dienone is 4. The molecular formula is C48H77NO11. The second-order valence-corrected chi connectivity index (χ2v) is 18.7. The van der Waals surface area contributed by atoms with E-state index in [4.69, 9.17) is 37.9 Å². The highest BCUT2D eigenvalue weighted by molar-refractivity contribution is 5.99. The lowest BCUT2D eigenvalue weighted by molar-refractivity contribution is -0.314. The van der Waals surface area contributed by atoms with Crippen molar-refractivity contribution < 1.29 is 52.3 Å². The van der Waals surface area contributed by atoms with Crippen molar-refractivity contribution in [2.45, 2.75) is 198 Å². The van der Waals surface area contributed by atoms with Gasteiger partial charge >= 0.3 is 5.97 Å². The number of rotatable bonds is 15. The van der Waals surface area contributed by atoms with Gasteiger partial charge in [0.15, 0.2) is 18.4 Å². The van der Waals surface area contributed by atoms with E-state index in [-0.39, 0.29) is 102 Å². The highest BCUT2D eigenvalue weighted by atomic mass is 16.7. The van der Waals surface area contributed by atoms with E-state index >= 15 is 0 Å². The third-order valence-corrected chi connectivity index (χ3v) is 15.0. The molecule has 1 amide bonds. The minimum Gasteiger partial charge on any atom is -0.462 e. The van der Waals surface area contributed by atoms with E-state index in [2.05, 4.69) is 32.1 Å². The molecule has 0 spiro atoms. The quantitative estimate of drug-likeness (QED) is 0.0913. The van der Waals surface area contributed by atoms with E-state index < -0.39 is 24.6 Å². The molecule has 60 heavy (non-hydrogen) atoms. The summed E-state index contributed by atoms with van der Waals surface area (Å²) in [4.78, 5) is 43.4. The predicted molar refractivity (Wildman–Crippen MR) is 227 cm³/mol. The molecule has 0 aromatic carbocycles. The lowest BCUT2D eigenvalue weighted by Crippen LogP contribution is -2.59. The van der Waals surface area contributed by atoms with Gasteiger partial charge in [-0.2, -0.15) is 0 Å². The number of hydrogen-bond donors (Lipinski definition) is 0. The van der Waals surface area contributed by atoms with Gasteiger partial charge in [0.2, 0.25) is 5.91 Å². The largest absolute Gasteiger partial charge is 0.462 e. The fraction of sp³-hybridized carbons (Fsp3) is 0.854. The van der Waals surface area contributed by atoms with Gasteiger partial charge in [-0.1, -0.05) is 64.7 Å². The van der Waals surface area contributed by atoms with Crippen LogP contribution in [0.15, 0.2) is 23.8 Å². The Labute approximate surface area is 360 Å². The second kappa shape index (κ2) is 21.9. The summed E-state index contributed by atoms with van der Waals surface area (Å²) < 4.78 is 49.9. The van der Waals surface area contributed by atoms with Gasteiger partial charge in [-0.25, -0.2) is 0 Å². The van der Waals surface area contributed by atoms with Crippen molar-refractivity contribution in [1.29, 1.82) is 0 Å². The summed E-state index contributed by atoms with van der Waals surface area (Å²) in [6.07, 6.45) is 15.8. The SMILES string of the molecule is CCCCCCCC(=O)N(C)[C@H]1CC[C@H](O[C@H]2CCC[C@H](CC)OC(=O)C[C@@H]3C(=C[C@@H]4[C@H]3C=C[C@@H]3C[C@@H](OC5OC(C)C(OC)C(OC)C5OC)C[C@@H]43)C(=O)[C@@H]2C)OC1C. The Bertz CT molecular complexity index is 1490. The Balaban J connectivity index is 1.14. The number of ether oxygens (including phenoxy) is 8. The maximum Gasteiger partial charge on any atom is 0.306 e. The molecule has 0 N–H and O–H groups in total. The minimum atomic E-state index is -0.612. The van der Waals surface area contributed by atoms with Gasteiger partial charge in [0.05, 0.1) is 36.9 Å². The summed E-state index contributed by atoms with van der Waals surface area (Å²) in [7, 11) is 6.86. The number of cyclic esters (lactones) is 1. The number of nitrogens with zero attached hydrogens (tertiary/aromatic N) is 1. The topological polar surface area (TPSA) is 128 Å². The Morgan fingerprint density at radius 3 is 2.27 bits per heavy atom. The lowest BCUT2D eigenvalue weighted by Gasteiger charge is -2.44. The first-order valence-electron chi connectivity index (χ1n) is 23.5. The molecule has 17 atom stereocenters. The van der Waals surface area contributed by atoms with Crippen LogP contribution in [0.2, 0.25) is 0 Å². The monoisotopic (exact) mass is 844 g/mol. The number of hydrogen-bond acceptors (Lipinski definition) is 11. The number of amides is 1. The van der Waals surface area contributed by atoms with Crippen LogP contribution in [0.25, 0.3) is 0 Å². The molecule has 3 aliphatic heterocycles. The van der Waals surface area contributed by atoms with E-state index in [0.29, 0.717) is 25.7 Å². The van der Waals surface area contributed by atoms with E-state index in [1.165, 1.54) is 19.3 Å². The molecular weight excluding hydrogens is 767 g/mol. The molecule has 6 unspecified atom stereocenters. The number of carbonyl (C=O) groups is 3. The molecule has 3 heterocycles. The van der Waals surface area contributed by atoms with Crippen LogP contribution in [-0.2, 0) is 52.3 Å². The van der Waals surface area contributed by atoms with E-state index in [1.54, 1.807) is 21.3 Å². The number of ketones is 1. The highest BCUT2D eigenvalue weighted by Crippen LogP contribution is 2.54. The van der Waals surface area contributed by atoms with Gasteiger partial charge in [-0.15, -0.1) is 0 Å². The maximum atomic E-state index is 14.8. The zero-order valence-corrected chi connectivity index (χ0v) is 38.1. The van der Waals surface area contributed by atoms with Crippen molar-refractivity contribution in [2.24, 2.45) is 35.5 Å². The number of fused-ring (bicyclic) bond motifs is 5. The van der Waals surface area contributed by atoms with Crippen LogP contribution >= 0.6 is 0 Å². The molecule has 340 valence electrons. The van der Waals surface area contributed by atoms with Gasteiger partial charge in [0.1, 0.15) is 24.4 Å². The molecule has 0 aromatic rings. The number of esters is 1. The third-order valence-electron chi connectivity index (χ3n) is 15.0. The van der Waals surface area contributed by atoms with Gasteiger partial charge in [0, 0.05) is 53.1 Å². The number of methoxy groups -OCH3 is 3. The number of carbonyl (C=O) groups excluding carboxylic acids is 3. The summed E-state index contributed by atoms with van der Waals surface area (Å²) in [5, 5.41) is 0. The Kier molecular flexibility index (Phi) is 17.3. The Morgan fingerprint density at radius 2 is 1.57 bits per heavy atom. The summed E-state index contributed by atoms with van der Waals surface area (Å²) >= 11 is 0. The number of likely N-dealkylation sites (N-methyl/N-ethyl adjacent to an activating group) is 1. The zero-order valence-electron chi connectivity index (χ0n) is 38.1. The summed E-state index contributed by atoms with van der Waals surface area (Å²) in [6.45, 7) is 10.3. The lowest BCUT2D eigenvalue weighted by atomic mass is 9.70. The van der Waals surface area contributed by atoms with Crippen molar-refractivity contribution in [3.05, 3.63) is 23.8 Å². The number of Topliss-reactive ketones (excluding diaryl/α,β-unsaturated/α-hetero) is 1. The molecule has 12 nitrogen and oxygen atoms in total. The van der Waals surface area contributed by atoms with Crippen LogP contribution in [0.3, 0.4) is 0 Å². The smallest absolute Gasteiger partial charge is 0.306 e. The standard InChI is InChI=1S/C48H77NO11/c1-10-12-13-14-15-19-41(50)49(6)39-22-23-43(56-29(39)4)60-40-18-16-17-32(11-2)58-42(51)27-37-34-21-20-31-24-33(25-35(31)36(34)26-38(37)44(52)28(40)3)59-48-47(55-9)46(54-8)45(53-7)30(5)57-48/h20-21,26,28-37,39-40,43,45-48H,10-19,22-25,27H2,1-9H3/t28-,29?,30?,31-,32+,33-,34-,35-,36-,37+,39+,40+,43+,45?,46?,47?,48?/m1/s1. The van der Waals surface area contributed by atoms with Crippen LogP contribution in [0.1, 0.15) is 131 Å². The molecule has 3 saturated heterocycles.